The minimum atomic E-state index is 0.734. The second-order valence-corrected chi connectivity index (χ2v) is 6.63. The van der Waals surface area contributed by atoms with Gasteiger partial charge in [-0.25, -0.2) is 0 Å². The maximum absolute atomic E-state index is 3.85. The summed E-state index contributed by atoms with van der Waals surface area (Å²) in [7, 11) is 2.34. The monoisotopic (exact) mass is 251 g/mol. The van der Waals surface area contributed by atoms with Gasteiger partial charge in [0, 0.05) is 30.7 Å². The summed E-state index contributed by atoms with van der Waals surface area (Å²) in [6.45, 7) is 2.42. The third-order valence-corrected chi connectivity index (χ3v) is 5.41. The van der Waals surface area contributed by atoms with Crippen LogP contribution in [0.3, 0.4) is 0 Å². The first kappa shape index (κ1) is 12.9. The van der Waals surface area contributed by atoms with Crippen molar-refractivity contribution in [2.24, 2.45) is 0 Å². The topological polar surface area (TPSA) is 27.3 Å². The number of hydrogen-bond acceptors (Lipinski definition) is 3. The van der Waals surface area contributed by atoms with Crippen LogP contribution >= 0.6 is 0 Å². The lowest BCUT2D eigenvalue weighted by Crippen LogP contribution is -2.56. The van der Waals surface area contributed by atoms with Gasteiger partial charge < -0.3 is 15.5 Å². The lowest BCUT2D eigenvalue weighted by Gasteiger charge is -2.47. The normalized spacial score (nSPS) is 41.8. The van der Waals surface area contributed by atoms with E-state index in [-0.39, 0.29) is 0 Å². The molecule has 3 unspecified atom stereocenters. The molecule has 0 amide bonds. The Hall–Kier alpha value is -0.120. The van der Waals surface area contributed by atoms with Crippen molar-refractivity contribution in [3.63, 3.8) is 0 Å². The highest BCUT2D eigenvalue weighted by molar-refractivity contribution is 4.94. The van der Waals surface area contributed by atoms with Gasteiger partial charge in [0.05, 0.1) is 0 Å². The van der Waals surface area contributed by atoms with E-state index in [4.69, 9.17) is 0 Å². The number of fused-ring (bicyclic) bond motifs is 2. The fraction of sp³-hybridized carbons (Fsp3) is 1.00. The summed E-state index contributed by atoms with van der Waals surface area (Å²) in [5.74, 6) is 0. The Labute approximate surface area is 112 Å². The third-order valence-electron chi connectivity index (χ3n) is 5.41. The molecule has 2 N–H and O–H groups in total. The highest BCUT2D eigenvalue weighted by Gasteiger charge is 2.35. The molecule has 0 radical (unpaired) electrons. The summed E-state index contributed by atoms with van der Waals surface area (Å²) in [5.41, 5.74) is 0. The minimum absolute atomic E-state index is 0.734. The van der Waals surface area contributed by atoms with Gasteiger partial charge in [0.1, 0.15) is 0 Å². The summed E-state index contributed by atoms with van der Waals surface area (Å²) in [6, 6.07) is 3.22. The zero-order valence-corrected chi connectivity index (χ0v) is 11.8. The van der Waals surface area contributed by atoms with Crippen molar-refractivity contribution >= 4 is 0 Å². The molecule has 3 nitrogen and oxygen atoms in total. The van der Waals surface area contributed by atoms with E-state index in [1.807, 2.05) is 0 Å². The fourth-order valence-corrected chi connectivity index (χ4v) is 4.19. The van der Waals surface area contributed by atoms with Gasteiger partial charge in [-0.05, 0) is 52.1 Å². The lowest BCUT2D eigenvalue weighted by atomic mass is 9.82. The Morgan fingerprint density at radius 1 is 1.06 bits per heavy atom. The smallest absolute Gasteiger partial charge is 0.0192 e. The number of hydrogen-bond donors (Lipinski definition) is 2. The Kier molecular flexibility index (Phi) is 4.22. The molecule has 3 aliphatic heterocycles. The van der Waals surface area contributed by atoms with Crippen LogP contribution in [-0.2, 0) is 0 Å². The molecule has 3 saturated heterocycles. The van der Waals surface area contributed by atoms with Gasteiger partial charge in [-0.3, -0.25) is 0 Å². The second kappa shape index (κ2) is 5.89. The predicted molar refractivity (Wildman–Crippen MR) is 75.9 cm³/mol. The van der Waals surface area contributed by atoms with Crippen molar-refractivity contribution in [3.8, 4) is 0 Å². The average molecular weight is 251 g/mol. The van der Waals surface area contributed by atoms with Crippen molar-refractivity contribution in [2.45, 2.75) is 75.5 Å². The Balaban J connectivity index is 1.46. The van der Waals surface area contributed by atoms with E-state index in [0.717, 1.165) is 24.2 Å². The largest absolute Gasteiger partial charge is 0.313 e. The predicted octanol–water partition coefficient (Wildman–Crippen LogP) is 1.73. The van der Waals surface area contributed by atoms with E-state index in [9.17, 15) is 0 Å². The second-order valence-electron chi connectivity index (χ2n) is 6.63. The van der Waals surface area contributed by atoms with Crippen LogP contribution < -0.4 is 10.6 Å². The average Bonchev–Trinajstić information content (AvgIpc) is 2.38. The SMILES string of the molecule is CN1C2CCCC1CC(NCC1CCCCN1)C2. The van der Waals surface area contributed by atoms with Crippen molar-refractivity contribution in [1.82, 2.24) is 15.5 Å². The maximum Gasteiger partial charge on any atom is 0.0192 e. The van der Waals surface area contributed by atoms with Crippen molar-refractivity contribution in [3.05, 3.63) is 0 Å². The van der Waals surface area contributed by atoms with Crippen LogP contribution in [0.2, 0.25) is 0 Å². The summed E-state index contributed by atoms with van der Waals surface area (Å²) in [6.07, 6.45) is 11.2. The van der Waals surface area contributed by atoms with Gasteiger partial charge in [0.2, 0.25) is 0 Å². The molecule has 0 aliphatic carbocycles. The number of nitrogens with one attached hydrogen (secondary N) is 2. The van der Waals surface area contributed by atoms with Gasteiger partial charge in [-0.2, -0.15) is 0 Å². The lowest BCUT2D eigenvalue weighted by molar-refractivity contribution is 0.0479. The van der Waals surface area contributed by atoms with Crippen LogP contribution in [-0.4, -0.2) is 49.2 Å². The number of piperidine rings is 3. The fourth-order valence-electron chi connectivity index (χ4n) is 4.19. The summed E-state index contributed by atoms with van der Waals surface area (Å²) in [4.78, 5) is 2.65. The van der Waals surface area contributed by atoms with E-state index in [1.54, 1.807) is 0 Å². The van der Waals surface area contributed by atoms with Crippen LogP contribution in [0.4, 0.5) is 0 Å². The first-order valence-corrected chi connectivity index (χ1v) is 8.01. The van der Waals surface area contributed by atoms with E-state index >= 15 is 0 Å². The summed E-state index contributed by atoms with van der Waals surface area (Å²) >= 11 is 0. The molecule has 3 heterocycles. The minimum Gasteiger partial charge on any atom is -0.313 e. The molecule has 3 rings (SSSR count). The first-order valence-electron chi connectivity index (χ1n) is 8.01. The van der Waals surface area contributed by atoms with Gasteiger partial charge >= 0.3 is 0 Å². The molecule has 3 atom stereocenters. The van der Waals surface area contributed by atoms with Crippen LogP contribution in [0.15, 0.2) is 0 Å². The number of nitrogens with zero attached hydrogens (tertiary/aromatic N) is 1. The van der Waals surface area contributed by atoms with Crippen molar-refractivity contribution in [2.75, 3.05) is 20.1 Å². The standard InChI is InChI=1S/C15H29N3/c1-18-14-6-4-7-15(18)10-13(9-14)17-11-12-5-2-3-8-16-12/h12-17H,2-11H2,1H3. The molecule has 0 aromatic heterocycles. The third kappa shape index (κ3) is 2.89. The molecule has 3 aliphatic rings. The molecule has 104 valence electrons. The zero-order chi connectivity index (χ0) is 12.4. The van der Waals surface area contributed by atoms with E-state index in [0.29, 0.717) is 0 Å². The summed E-state index contributed by atoms with van der Waals surface area (Å²) in [5, 5.41) is 7.50. The highest BCUT2D eigenvalue weighted by atomic mass is 15.2. The van der Waals surface area contributed by atoms with Crippen LogP contribution in [0.5, 0.6) is 0 Å². The molecule has 0 spiro atoms. The Bertz CT molecular complexity index is 248. The molecule has 0 saturated carbocycles. The van der Waals surface area contributed by atoms with Crippen LogP contribution in [0, 0.1) is 0 Å². The first-order chi connectivity index (χ1) is 8.83. The van der Waals surface area contributed by atoms with E-state index < -0.39 is 0 Å². The molecule has 0 aromatic rings. The molecular formula is C15H29N3. The molecule has 3 fully saturated rings. The Morgan fingerprint density at radius 3 is 2.50 bits per heavy atom. The van der Waals surface area contributed by atoms with Crippen LogP contribution in [0.1, 0.15) is 51.4 Å². The highest BCUT2D eigenvalue weighted by Crippen LogP contribution is 2.32. The van der Waals surface area contributed by atoms with Crippen LogP contribution in [0.25, 0.3) is 0 Å². The quantitative estimate of drug-likeness (QED) is 0.800. The van der Waals surface area contributed by atoms with Gasteiger partial charge in [-0.15, -0.1) is 0 Å². The molecule has 0 aromatic carbocycles. The van der Waals surface area contributed by atoms with Gasteiger partial charge in [0.25, 0.3) is 0 Å². The molecule has 3 heteroatoms. The van der Waals surface area contributed by atoms with Gasteiger partial charge in [0.15, 0.2) is 0 Å². The zero-order valence-electron chi connectivity index (χ0n) is 11.8. The summed E-state index contributed by atoms with van der Waals surface area (Å²) < 4.78 is 0. The maximum atomic E-state index is 3.85. The van der Waals surface area contributed by atoms with Crippen molar-refractivity contribution < 1.29 is 0 Å². The molecular weight excluding hydrogens is 222 g/mol. The number of rotatable bonds is 3. The Morgan fingerprint density at radius 2 is 1.83 bits per heavy atom. The molecule has 18 heavy (non-hydrogen) atoms. The van der Waals surface area contributed by atoms with Gasteiger partial charge in [-0.1, -0.05) is 12.8 Å². The van der Waals surface area contributed by atoms with Crippen molar-refractivity contribution in [1.29, 1.82) is 0 Å². The van der Waals surface area contributed by atoms with E-state index in [1.165, 1.54) is 64.5 Å². The van der Waals surface area contributed by atoms with E-state index in [2.05, 4.69) is 22.6 Å². The molecule has 2 bridgehead atoms.